The van der Waals surface area contributed by atoms with Gasteiger partial charge in [-0.3, -0.25) is 10.1 Å². The molecule has 0 saturated heterocycles. The summed E-state index contributed by atoms with van der Waals surface area (Å²) in [5, 5.41) is 11.3. The Morgan fingerprint density at radius 3 is 2.53 bits per heavy atom. The third-order valence-corrected chi connectivity index (χ3v) is 2.75. The van der Waals surface area contributed by atoms with Gasteiger partial charge in [0.1, 0.15) is 5.75 Å². The van der Waals surface area contributed by atoms with E-state index in [4.69, 9.17) is 4.74 Å². The molecule has 1 rings (SSSR count). The number of nitrogens with zero attached hydrogens (tertiary/aromatic N) is 1. The van der Waals surface area contributed by atoms with Crippen LogP contribution < -0.4 is 4.74 Å². The van der Waals surface area contributed by atoms with Crippen molar-refractivity contribution < 1.29 is 19.2 Å². The van der Waals surface area contributed by atoms with E-state index in [1.165, 1.54) is 13.2 Å². The number of hydrogen-bond acceptors (Lipinski definition) is 5. The molecule has 0 N–H and O–H groups in total. The first kappa shape index (κ1) is 13.4. The molecule has 0 atom stereocenters. The first-order valence-corrected chi connectivity index (χ1v) is 5.66. The van der Waals surface area contributed by atoms with Crippen LogP contribution in [0.1, 0.15) is 15.9 Å². The van der Waals surface area contributed by atoms with Gasteiger partial charge in [0.25, 0.3) is 5.69 Å². The lowest BCUT2D eigenvalue weighted by molar-refractivity contribution is -0.385. The molecule has 0 spiro atoms. The molecule has 6 nitrogen and oxygen atoms in total. The number of hydrogen-bond donors (Lipinski definition) is 0. The number of ether oxygens (including phenoxy) is 2. The highest BCUT2D eigenvalue weighted by molar-refractivity contribution is 9.08. The zero-order valence-corrected chi connectivity index (χ0v) is 10.8. The van der Waals surface area contributed by atoms with E-state index in [0.29, 0.717) is 10.9 Å². The molecule has 0 aliphatic rings. The second-order valence-electron chi connectivity index (χ2n) is 3.07. The fraction of sp³-hybridized carbons (Fsp3) is 0.300. The van der Waals surface area contributed by atoms with Gasteiger partial charge in [0.15, 0.2) is 5.56 Å². The lowest BCUT2D eigenvalue weighted by Crippen LogP contribution is -2.08. The van der Waals surface area contributed by atoms with Crippen LogP contribution in [0.5, 0.6) is 5.75 Å². The van der Waals surface area contributed by atoms with Crippen molar-refractivity contribution in [2.24, 2.45) is 0 Å². The summed E-state index contributed by atoms with van der Waals surface area (Å²) in [6, 6.07) is 2.86. The van der Waals surface area contributed by atoms with Crippen molar-refractivity contribution in [2.75, 3.05) is 14.2 Å². The molecule has 7 heteroatoms. The Hall–Kier alpha value is -1.63. The molecule has 0 amide bonds. The summed E-state index contributed by atoms with van der Waals surface area (Å²) in [7, 11) is 2.49. The van der Waals surface area contributed by atoms with Crippen molar-refractivity contribution in [3.05, 3.63) is 33.4 Å². The number of methoxy groups -OCH3 is 2. The van der Waals surface area contributed by atoms with E-state index < -0.39 is 10.9 Å². The van der Waals surface area contributed by atoms with Crippen LogP contribution in [-0.2, 0) is 10.1 Å². The number of carbonyl (C=O) groups excluding carboxylic acids is 1. The van der Waals surface area contributed by atoms with Crippen molar-refractivity contribution in [2.45, 2.75) is 5.33 Å². The Bertz CT molecular complexity index is 460. The van der Waals surface area contributed by atoms with Gasteiger partial charge in [0, 0.05) is 11.4 Å². The maximum atomic E-state index is 11.5. The zero-order chi connectivity index (χ0) is 13.0. The number of esters is 1. The number of nitro benzene ring substituents is 1. The van der Waals surface area contributed by atoms with Crippen LogP contribution in [0, 0.1) is 10.1 Å². The average molecular weight is 304 g/mol. The number of alkyl halides is 1. The van der Waals surface area contributed by atoms with Crippen LogP contribution in [0.2, 0.25) is 0 Å². The average Bonchev–Trinajstić information content (AvgIpc) is 2.35. The number of halogens is 1. The van der Waals surface area contributed by atoms with Gasteiger partial charge in [0.05, 0.1) is 19.1 Å². The summed E-state index contributed by atoms with van der Waals surface area (Å²) in [6.45, 7) is 0. The second-order valence-corrected chi connectivity index (χ2v) is 3.64. The van der Waals surface area contributed by atoms with Gasteiger partial charge in [0.2, 0.25) is 0 Å². The highest BCUT2D eigenvalue weighted by atomic mass is 79.9. The number of nitro groups is 1. The molecule has 92 valence electrons. The highest BCUT2D eigenvalue weighted by Gasteiger charge is 2.26. The van der Waals surface area contributed by atoms with E-state index in [2.05, 4.69) is 20.7 Å². The lowest BCUT2D eigenvalue weighted by Gasteiger charge is -2.09. The normalized spacial score (nSPS) is 9.82. The molecule has 0 fully saturated rings. The van der Waals surface area contributed by atoms with Gasteiger partial charge in [-0.1, -0.05) is 15.9 Å². The number of rotatable bonds is 4. The monoisotopic (exact) mass is 303 g/mol. The van der Waals surface area contributed by atoms with E-state index in [9.17, 15) is 14.9 Å². The summed E-state index contributed by atoms with van der Waals surface area (Å²) in [4.78, 5) is 21.8. The Morgan fingerprint density at radius 2 is 2.12 bits per heavy atom. The highest BCUT2D eigenvalue weighted by Crippen LogP contribution is 2.31. The van der Waals surface area contributed by atoms with E-state index in [0.717, 1.165) is 7.11 Å². The predicted molar refractivity (Wildman–Crippen MR) is 63.6 cm³/mol. The molecule has 1 aromatic rings. The molecule has 0 radical (unpaired) electrons. The molecule has 17 heavy (non-hydrogen) atoms. The number of carbonyl (C=O) groups is 1. The van der Waals surface area contributed by atoms with Gasteiger partial charge < -0.3 is 9.47 Å². The van der Waals surface area contributed by atoms with Crippen LogP contribution >= 0.6 is 15.9 Å². The first-order chi connectivity index (χ1) is 8.04. The van der Waals surface area contributed by atoms with Crippen molar-refractivity contribution in [1.29, 1.82) is 0 Å². The molecule has 0 aliphatic heterocycles. The Balaban J connectivity index is 3.52. The summed E-state index contributed by atoms with van der Waals surface area (Å²) < 4.78 is 9.48. The van der Waals surface area contributed by atoms with Crippen LogP contribution in [0.4, 0.5) is 5.69 Å². The third kappa shape index (κ3) is 2.73. The largest absolute Gasteiger partial charge is 0.496 e. The summed E-state index contributed by atoms with van der Waals surface area (Å²) in [5.74, 6) is -0.671. The zero-order valence-electron chi connectivity index (χ0n) is 9.23. The molecular weight excluding hydrogens is 294 g/mol. The lowest BCUT2D eigenvalue weighted by atomic mass is 10.1. The molecule has 0 aliphatic carbocycles. The van der Waals surface area contributed by atoms with Gasteiger partial charge >= 0.3 is 5.97 Å². The van der Waals surface area contributed by atoms with E-state index >= 15 is 0 Å². The Labute approximate surface area is 106 Å². The first-order valence-electron chi connectivity index (χ1n) is 4.54. The molecule has 0 aromatic heterocycles. The van der Waals surface area contributed by atoms with Crippen LogP contribution in [0.25, 0.3) is 0 Å². The van der Waals surface area contributed by atoms with Crippen LogP contribution in [0.15, 0.2) is 12.1 Å². The van der Waals surface area contributed by atoms with Gasteiger partial charge in [-0.25, -0.2) is 4.79 Å². The second kappa shape index (κ2) is 5.62. The molecular formula is C10H10BrNO5. The van der Waals surface area contributed by atoms with E-state index in [1.54, 1.807) is 6.07 Å². The molecule has 1 aromatic carbocycles. The summed E-state index contributed by atoms with van der Waals surface area (Å²) in [6.07, 6.45) is 0. The minimum absolute atomic E-state index is 0.125. The molecule has 0 unspecified atom stereocenters. The summed E-state index contributed by atoms with van der Waals surface area (Å²) >= 11 is 3.19. The quantitative estimate of drug-likeness (QED) is 0.369. The van der Waals surface area contributed by atoms with Crippen LogP contribution in [0.3, 0.4) is 0 Å². The maximum Gasteiger partial charge on any atom is 0.348 e. The topological polar surface area (TPSA) is 78.7 Å². The predicted octanol–water partition coefficient (Wildman–Crippen LogP) is 2.28. The van der Waals surface area contributed by atoms with E-state index in [-0.39, 0.29) is 17.0 Å². The minimum atomic E-state index is -0.797. The van der Waals surface area contributed by atoms with Gasteiger partial charge in [-0.15, -0.1) is 0 Å². The van der Waals surface area contributed by atoms with Gasteiger partial charge in [-0.2, -0.15) is 0 Å². The van der Waals surface area contributed by atoms with Crippen LogP contribution in [-0.4, -0.2) is 25.1 Å². The van der Waals surface area contributed by atoms with Crippen molar-refractivity contribution in [1.82, 2.24) is 0 Å². The maximum absolute atomic E-state index is 11.5. The fourth-order valence-corrected chi connectivity index (χ4v) is 1.67. The smallest absolute Gasteiger partial charge is 0.348 e. The molecule has 0 bridgehead atoms. The van der Waals surface area contributed by atoms with E-state index in [1.807, 2.05) is 0 Å². The van der Waals surface area contributed by atoms with Crippen molar-refractivity contribution in [3.63, 3.8) is 0 Å². The molecule has 0 heterocycles. The molecule has 0 saturated carbocycles. The Kier molecular flexibility index (Phi) is 4.45. The van der Waals surface area contributed by atoms with Crippen molar-refractivity contribution in [3.8, 4) is 5.75 Å². The fourth-order valence-electron chi connectivity index (χ4n) is 1.35. The SMILES string of the molecule is COC(=O)c1c(OC)cc(CBr)cc1[N+](=O)[O-]. The Morgan fingerprint density at radius 1 is 1.47 bits per heavy atom. The minimum Gasteiger partial charge on any atom is -0.496 e. The standard InChI is InChI=1S/C10H10BrNO5/c1-16-8-4-6(5-11)3-7(12(14)15)9(8)10(13)17-2/h3-4H,5H2,1-2H3. The third-order valence-electron chi connectivity index (χ3n) is 2.10. The summed E-state index contributed by atoms with van der Waals surface area (Å²) in [5.41, 5.74) is 0.136. The van der Waals surface area contributed by atoms with Gasteiger partial charge in [-0.05, 0) is 11.6 Å². The number of benzene rings is 1. The van der Waals surface area contributed by atoms with Crippen molar-refractivity contribution >= 4 is 27.6 Å².